The van der Waals surface area contributed by atoms with Gasteiger partial charge < -0.3 is 10.2 Å². The molecule has 3 aromatic rings. The highest BCUT2D eigenvalue weighted by atomic mass is 35.5. The highest BCUT2D eigenvalue weighted by Crippen LogP contribution is 2.38. The monoisotopic (exact) mass is 564 g/mol. The van der Waals surface area contributed by atoms with E-state index in [1.807, 2.05) is 11.0 Å². The summed E-state index contributed by atoms with van der Waals surface area (Å²) < 4.78 is 38.3. The van der Waals surface area contributed by atoms with E-state index >= 15 is 0 Å². The Bertz CT molecular complexity index is 1470. The molecule has 9 nitrogen and oxygen atoms in total. The Labute approximate surface area is 223 Å². The van der Waals surface area contributed by atoms with Crippen molar-refractivity contribution in [1.29, 1.82) is 0 Å². The van der Waals surface area contributed by atoms with Crippen molar-refractivity contribution in [1.82, 2.24) is 24.1 Å². The van der Waals surface area contributed by atoms with Crippen LogP contribution in [0.2, 0.25) is 5.02 Å². The second-order valence-electron chi connectivity index (χ2n) is 9.03. The summed E-state index contributed by atoms with van der Waals surface area (Å²) in [6.45, 7) is 3.89. The minimum absolute atomic E-state index is 0.0287. The normalized spacial score (nSPS) is 17.4. The van der Waals surface area contributed by atoms with Crippen molar-refractivity contribution in [2.75, 3.05) is 50.8 Å². The van der Waals surface area contributed by atoms with Gasteiger partial charge in [-0.05, 0) is 30.2 Å². The van der Waals surface area contributed by atoms with Crippen molar-refractivity contribution in [3.05, 3.63) is 58.0 Å². The first-order valence-corrected chi connectivity index (χ1v) is 14.8. The van der Waals surface area contributed by atoms with Gasteiger partial charge >= 0.3 is 0 Å². The molecule has 1 fully saturated rings. The zero-order valence-corrected chi connectivity index (χ0v) is 22.5. The Morgan fingerprint density at radius 1 is 1.22 bits per heavy atom. The zero-order valence-electron chi connectivity index (χ0n) is 20.2. The van der Waals surface area contributed by atoms with E-state index in [1.54, 1.807) is 23.5 Å². The number of aromatic nitrogens is 2. The van der Waals surface area contributed by atoms with E-state index in [2.05, 4.69) is 20.2 Å². The lowest BCUT2D eigenvalue weighted by Gasteiger charge is -2.32. The first kappa shape index (κ1) is 26.0. The molecule has 0 aliphatic carbocycles. The zero-order chi connectivity index (χ0) is 26.2. The Balaban J connectivity index is 1.23. The van der Waals surface area contributed by atoms with Crippen LogP contribution in [0.3, 0.4) is 0 Å². The lowest BCUT2D eigenvalue weighted by Crippen LogP contribution is -2.48. The lowest BCUT2D eigenvalue weighted by molar-refractivity contribution is -0.126. The molecule has 0 spiro atoms. The largest absolute Gasteiger partial charge is 0.340 e. The fourth-order valence-corrected chi connectivity index (χ4v) is 6.78. The first-order valence-electron chi connectivity index (χ1n) is 11.8. The topological polar surface area (TPSA) is 98.7 Å². The molecule has 1 saturated heterocycles. The van der Waals surface area contributed by atoms with Gasteiger partial charge in [-0.3, -0.25) is 9.69 Å². The van der Waals surface area contributed by atoms with Crippen LogP contribution in [-0.2, 0) is 27.8 Å². The third-order valence-corrected chi connectivity index (χ3v) is 9.27. The van der Waals surface area contributed by atoms with Crippen molar-refractivity contribution >= 4 is 60.6 Å². The number of hydrogen-bond donors (Lipinski definition) is 1. The van der Waals surface area contributed by atoms with Crippen molar-refractivity contribution in [3.8, 4) is 0 Å². The number of nitrogens with one attached hydrogen (secondary N) is 1. The number of benzene rings is 1. The van der Waals surface area contributed by atoms with E-state index in [0.29, 0.717) is 63.7 Å². The van der Waals surface area contributed by atoms with Crippen LogP contribution in [0.1, 0.15) is 10.4 Å². The van der Waals surface area contributed by atoms with Gasteiger partial charge in [-0.2, -0.15) is 4.31 Å². The number of nitrogens with zero attached hydrogens (tertiary/aromatic N) is 5. The van der Waals surface area contributed by atoms with E-state index in [0.717, 1.165) is 20.7 Å². The van der Waals surface area contributed by atoms with Crippen LogP contribution in [0.15, 0.2) is 36.7 Å². The summed E-state index contributed by atoms with van der Waals surface area (Å²) in [6.07, 6.45) is 6.84. The summed E-state index contributed by atoms with van der Waals surface area (Å²) in [5, 5.41) is 4.17. The van der Waals surface area contributed by atoms with E-state index < -0.39 is 15.8 Å². The molecular weight excluding hydrogens is 539 g/mol. The third-order valence-electron chi connectivity index (χ3n) is 6.56. The fraction of sp³-hybridized carbons (Fsp3) is 0.375. The number of fused-ring (bicyclic) bond motifs is 3. The Morgan fingerprint density at radius 2 is 2.00 bits per heavy atom. The predicted octanol–water partition coefficient (Wildman–Crippen LogP) is 3.25. The number of carbonyl (C=O) groups is 1. The molecule has 1 aromatic carbocycles. The first-order chi connectivity index (χ1) is 17.7. The standard InChI is InChI=1S/C24H26ClFN6O3S2/c1-37(34,35)32-11-9-30(10-12-32)7-2-3-21(33)31-8-6-17-20(14-31)36-24-22(17)23(27-15-28-24)29-16-4-5-19(26)18(25)13-16/h2-5,13,15H,6-12,14H2,1H3,(H,27,28,29). The molecule has 2 aromatic heterocycles. The average Bonchev–Trinajstić information content (AvgIpc) is 3.25. The van der Waals surface area contributed by atoms with E-state index in [9.17, 15) is 17.6 Å². The molecule has 4 heterocycles. The van der Waals surface area contributed by atoms with Crippen LogP contribution in [0.4, 0.5) is 15.9 Å². The number of amides is 1. The van der Waals surface area contributed by atoms with Crippen molar-refractivity contribution < 1.29 is 17.6 Å². The predicted molar refractivity (Wildman–Crippen MR) is 143 cm³/mol. The number of carbonyl (C=O) groups excluding carboxylic acids is 1. The molecule has 5 rings (SSSR count). The molecule has 13 heteroatoms. The van der Waals surface area contributed by atoms with Crippen LogP contribution in [0.5, 0.6) is 0 Å². The summed E-state index contributed by atoms with van der Waals surface area (Å²) >= 11 is 7.47. The molecule has 0 bridgehead atoms. The minimum atomic E-state index is -3.16. The van der Waals surface area contributed by atoms with Crippen molar-refractivity contribution in [2.45, 2.75) is 13.0 Å². The SMILES string of the molecule is CS(=O)(=O)N1CCN(CC=CC(=O)N2CCc3c(sc4ncnc(Nc5ccc(F)c(Cl)c5)c34)C2)CC1. The highest BCUT2D eigenvalue weighted by molar-refractivity contribution is 7.88. The molecule has 196 valence electrons. The minimum Gasteiger partial charge on any atom is -0.340 e. The van der Waals surface area contributed by atoms with Gasteiger partial charge in [0, 0.05) is 55.9 Å². The van der Waals surface area contributed by atoms with Gasteiger partial charge in [0.2, 0.25) is 15.9 Å². The molecule has 1 N–H and O–H groups in total. The number of thiophene rings is 1. The molecular formula is C24H26ClFN6O3S2. The van der Waals surface area contributed by atoms with E-state index in [1.165, 1.54) is 29.0 Å². The van der Waals surface area contributed by atoms with Crippen molar-refractivity contribution in [3.63, 3.8) is 0 Å². The highest BCUT2D eigenvalue weighted by Gasteiger charge is 2.26. The lowest BCUT2D eigenvalue weighted by atomic mass is 10.0. The number of rotatable bonds is 6. The Morgan fingerprint density at radius 3 is 2.73 bits per heavy atom. The fourth-order valence-electron chi connectivity index (χ4n) is 4.57. The molecule has 0 radical (unpaired) electrons. The summed E-state index contributed by atoms with van der Waals surface area (Å²) in [4.78, 5) is 27.6. The van der Waals surface area contributed by atoms with Crippen LogP contribution < -0.4 is 5.32 Å². The summed E-state index contributed by atoms with van der Waals surface area (Å²) in [5.41, 5.74) is 1.75. The molecule has 0 unspecified atom stereocenters. The van der Waals surface area contributed by atoms with Gasteiger partial charge in [0.05, 0.1) is 23.2 Å². The Hall–Kier alpha value is -2.64. The van der Waals surface area contributed by atoms with E-state index in [4.69, 9.17) is 11.6 Å². The van der Waals surface area contributed by atoms with Gasteiger partial charge in [-0.25, -0.2) is 22.8 Å². The number of piperazine rings is 1. The van der Waals surface area contributed by atoms with Gasteiger partial charge in [0.25, 0.3) is 0 Å². The Kier molecular flexibility index (Phi) is 7.46. The summed E-state index contributed by atoms with van der Waals surface area (Å²) in [7, 11) is -3.16. The number of hydrogen-bond acceptors (Lipinski definition) is 8. The second kappa shape index (κ2) is 10.6. The smallest absolute Gasteiger partial charge is 0.246 e. The van der Waals surface area contributed by atoms with Gasteiger partial charge in [-0.1, -0.05) is 17.7 Å². The maximum atomic E-state index is 13.5. The molecule has 1 amide bonds. The van der Waals surface area contributed by atoms with E-state index in [-0.39, 0.29) is 10.9 Å². The molecule has 2 aliphatic rings. The number of halogens is 2. The molecule has 37 heavy (non-hydrogen) atoms. The molecule has 0 atom stereocenters. The van der Waals surface area contributed by atoms with Crippen LogP contribution in [-0.4, -0.2) is 83.9 Å². The summed E-state index contributed by atoms with van der Waals surface area (Å²) in [5.74, 6) is 0.0883. The number of anilines is 2. The van der Waals surface area contributed by atoms with Gasteiger partial charge in [0.15, 0.2) is 0 Å². The van der Waals surface area contributed by atoms with Gasteiger partial charge in [0.1, 0.15) is 22.8 Å². The van der Waals surface area contributed by atoms with Crippen LogP contribution in [0, 0.1) is 5.82 Å². The number of sulfonamides is 1. The maximum absolute atomic E-state index is 13.5. The average molecular weight is 565 g/mol. The second-order valence-corrected chi connectivity index (χ2v) is 12.5. The van der Waals surface area contributed by atoms with Crippen molar-refractivity contribution in [2.24, 2.45) is 0 Å². The van der Waals surface area contributed by atoms with Crippen LogP contribution >= 0.6 is 22.9 Å². The molecule has 2 aliphatic heterocycles. The molecule has 0 saturated carbocycles. The maximum Gasteiger partial charge on any atom is 0.246 e. The van der Waals surface area contributed by atoms with Gasteiger partial charge in [-0.15, -0.1) is 11.3 Å². The quantitative estimate of drug-likeness (QED) is 0.459. The summed E-state index contributed by atoms with van der Waals surface area (Å²) in [6, 6.07) is 4.42. The third kappa shape index (κ3) is 5.78. The van der Waals surface area contributed by atoms with Crippen LogP contribution in [0.25, 0.3) is 10.2 Å².